The molecule has 1 aromatic rings. The first kappa shape index (κ1) is 14.0. The Labute approximate surface area is 119 Å². The van der Waals surface area contributed by atoms with Gasteiger partial charge in [0.25, 0.3) is 0 Å². The van der Waals surface area contributed by atoms with Crippen molar-refractivity contribution in [1.82, 2.24) is 5.32 Å². The second-order valence-electron chi connectivity index (χ2n) is 4.53. The minimum absolute atomic E-state index is 0.117. The summed E-state index contributed by atoms with van der Waals surface area (Å²) < 4.78 is 0.624. The molecule has 0 saturated carbocycles. The maximum atomic E-state index is 12.0. The molecule has 0 bridgehead atoms. The molecule has 102 valence electrons. The highest BCUT2D eigenvalue weighted by molar-refractivity contribution is 9.10. The highest BCUT2D eigenvalue weighted by Crippen LogP contribution is 2.20. The van der Waals surface area contributed by atoms with Crippen molar-refractivity contribution >= 4 is 33.5 Å². The van der Waals surface area contributed by atoms with Crippen LogP contribution in [0.25, 0.3) is 0 Å². The second-order valence-corrected chi connectivity index (χ2v) is 5.44. The molecule has 1 saturated heterocycles. The Balaban J connectivity index is 2.09. The number of carbonyl (C=O) groups is 2. The number of amides is 1. The van der Waals surface area contributed by atoms with Crippen LogP contribution < -0.4 is 10.6 Å². The third kappa shape index (κ3) is 3.78. The third-order valence-corrected chi connectivity index (χ3v) is 3.50. The van der Waals surface area contributed by atoms with Crippen molar-refractivity contribution in [2.75, 3.05) is 11.9 Å². The Hall–Kier alpha value is -1.40. The molecule has 1 atom stereocenters. The topological polar surface area (TPSA) is 78.4 Å². The van der Waals surface area contributed by atoms with Crippen LogP contribution in [0.1, 0.15) is 29.6 Å². The summed E-state index contributed by atoms with van der Waals surface area (Å²) in [6, 6.07) is 4.44. The number of rotatable bonds is 3. The number of carbonyl (C=O) groups excluding carboxylic acids is 1. The third-order valence-electron chi connectivity index (χ3n) is 3.04. The van der Waals surface area contributed by atoms with Crippen molar-refractivity contribution in [2.45, 2.75) is 25.3 Å². The number of carboxylic acid groups (broad SMARTS) is 1. The number of piperidine rings is 1. The van der Waals surface area contributed by atoms with Crippen LogP contribution in [0.5, 0.6) is 0 Å². The molecule has 0 aliphatic carbocycles. The van der Waals surface area contributed by atoms with Crippen LogP contribution in [0.2, 0.25) is 0 Å². The second kappa shape index (κ2) is 6.16. The molecule has 1 aliphatic rings. The predicted molar refractivity (Wildman–Crippen MR) is 75.4 cm³/mol. The van der Waals surface area contributed by atoms with Gasteiger partial charge in [-0.25, -0.2) is 4.79 Å². The molecule has 2 rings (SSSR count). The zero-order chi connectivity index (χ0) is 13.8. The lowest BCUT2D eigenvalue weighted by Gasteiger charge is -2.22. The highest BCUT2D eigenvalue weighted by Gasteiger charge is 2.20. The summed E-state index contributed by atoms with van der Waals surface area (Å²) in [5.41, 5.74) is 0.630. The van der Waals surface area contributed by atoms with Gasteiger partial charge >= 0.3 is 5.97 Å². The molecule has 19 heavy (non-hydrogen) atoms. The smallest absolute Gasteiger partial charge is 0.335 e. The fourth-order valence-corrected chi connectivity index (χ4v) is 2.58. The van der Waals surface area contributed by atoms with Gasteiger partial charge in [0, 0.05) is 10.2 Å². The fourth-order valence-electron chi connectivity index (χ4n) is 2.09. The van der Waals surface area contributed by atoms with Gasteiger partial charge in [-0.3, -0.25) is 4.79 Å². The number of aromatic carboxylic acids is 1. The van der Waals surface area contributed by atoms with Gasteiger partial charge in [-0.05, 0) is 37.6 Å². The molecule has 1 aliphatic heterocycles. The average Bonchev–Trinajstić information content (AvgIpc) is 2.39. The molecule has 1 heterocycles. The van der Waals surface area contributed by atoms with E-state index in [9.17, 15) is 9.59 Å². The summed E-state index contributed by atoms with van der Waals surface area (Å²) >= 11 is 3.24. The van der Waals surface area contributed by atoms with E-state index in [2.05, 4.69) is 26.6 Å². The first-order valence-corrected chi connectivity index (χ1v) is 6.94. The van der Waals surface area contributed by atoms with Crippen LogP contribution in [0.3, 0.4) is 0 Å². The van der Waals surface area contributed by atoms with E-state index in [0.717, 1.165) is 25.8 Å². The van der Waals surface area contributed by atoms with E-state index >= 15 is 0 Å². The molecular weight excluding hydrogens is 312 g/mol. The molecular formula is C13H15BrN2O3. The minimum Gasteiger partial charge on any atom is -0.478 e. The van der Waals surface area contributed by atoms with Gasteiger partial charge < -0.3 is 15.7 Å². The van der Waals surface area contributed by atoms with Crippen molar-refractivity contribution in [3.8, 4) is 0 Å². The van der Waals surface area contributed by atoms with Gasteiger partial charge in [-0.1, -0.05) is 22.4 Å². The average molecular weight is 327 g/mol. The number of halogens is 1. The monoisotopic (exact) mass is 326 g/mol. The van der Waals surface area contributed by atoms with Crippen LogP contribution in [0.4, 0.5) is 5.69 Å². The first-order valence-electron chi connectivity index (χ1n) is 6.14. The van der Waals surface area contributed by atoms with Crippen LogP contribution in [-0.4, -0.2) is 29.6 Å². The molecule has 1 amide bonds. The van der Waals surface area contributed by atoms with Gasteiger partial charge in [0.2, 0.25) is 5.91 Å². The molecule has 6 heteroatoms. The number of hydrogen-bond donors (Lipinski definition) is 3. The van der Waals surface area contributed by atoms with Crippen LogP contribution in [0.15, 0.2) is 22.7 Å². The number of benzene rings is 1. The van der Waals surface area contributed by atoms with E-state index in [4.69, 9.17) is 5.11 Å². The largest absolute Gasteiger partial charge is 0.478 e. The standard InChI is InChI=1S/C13H15BrN2O3/c14-9-5-8(13(18)19)6-10(7-9)16-12(17)11-3-1-2-4-15-11/h5-7,11,15H,1-4H2,(H,16,17)(H,18,19)/t11-/m1/s1. The number of anilines is 1. The van der Waals surface area contributed by atoms with Crippen molar-refractivity contribution in [1.29, 1.82) is 0 Å². The lowest BCUT2D eigenvalue weighted by Crippen LogP contribution is -2.43. The van der Waals surface area contributed by atoms with Gasteiger partial charge in [-0.2, -0.15) is 0 Å². The van der Waals surface area contributed by atoms with Gasteiger partial charge in [-0.15, -0.1) is 0 Å². The SMILES string of the molecule is O=C(O)c1cc(Br)cc(NC(=O)[C@H]2CCCCN2)c1. The Morgan fingerprint density at radius 3 is 2.74 bits per heavy atom. The van der Waals surface area contributed by atoms with E-state index in [-0.39, 0.29) is 17.5 Å². The fraction of sp³-hybridized carbons (Fsp3) is 0.385. The predicted octanol–water partition coefficient (Wildman–Crippen LogP) is 2.23. The van der Waals surface area contributed by atoms with E-state index in [0.29, 0.717) is 10.2 Å². The van der Waals surface area contributed by atoms with Crippen molar-refractivity contribution in [3.63, 3.8) is 0 Å². The molecule has 1 aromatic carbocycles. The lowest BCUT2D eigenvalue weighted by molar-refractivity contribution is -0.118. The lowest BCUT2D eigenvalue weighted by atomic mass is 10.0. The molecule has 5 nitrogen and oxygen atoms in total. The first-order chi connectivity index (χ1) is 9.06. The normalized spacial score (nSPS) is 18.9. The molecule has 3 N–H and O–H groups in total. The Bertz CT molecular complexity index is 499. The minimum atomic E-state index is -1.02. The molecule has 0 spiro atoms. The van der Waals surface area contributed by atoms with Crippen molar-refractivity contribution in [3.05, 3.63) is 28.2 Å². The maximum absolute atomic E-state index is 12.0. The Kier molecular flexibility index (Phi) is 4.55. The van der Waals surface area contributed by atoms with E-state index in [1.165, 1.54) is 12.1 Å². The summed E-state index contributed by atoms with van der Waals surface area (Å²) in [6.07, 6.45) is 2.93. The van der Waals surface area contributed by atoms with Gasteiger partial charge in [0.05, 0.1) is 11.6 Å². The molecule has 0 unspecified atom stereocenters. The van der Waals surface area contributed by atoms with Crippen LogP contribution >= 0.6 is 15.9 Å². The van der Waals surface area contributed by atoms with E-state index in [1.54, 1.807) is 6.07 Å². The maximum Gasteiger partial charge on any atom is 0.335 e. The summed E-state index contributed by atoms with van der Waals surface area (Å²) in [4.78, 5) is 23.0. The number of carboxylic acids is 1. The highest BCUT2D eigenvalue weighted by atomic mass is 79.9. The van der Waals surface area contributed by atoms with Crippen molar-refractivity contribution in [2.24, 2.45) is 0 Å². The number of nitrogens with one attached hydrogen (secondary N) is 2. The zero-order valence-corrected chi connectivity index (χ0v) is 11.9. The summed E-state index contributed by atoms with van der Waals surface area (Å²) in [6.45, 7) is 0.844. The summed E-state index contributed by atoms with van der Waals surface area (Å²) in [7, 11) is 0. The molecule has 0 radical (unpaired) electrons. The quantitative estimate of drug-likeness (QED) is 0.795. The van der Waals surface area contributed by atoms with Crippen LogP contribution in [-0.2, 0) is 4.79 Å². The number of hydrogen-bond acceptors (Lipinski definition) is 3. The van der Waals surface area contributed by atoms with Crippen molar-refractivity contribution < 1.29 is 14.7 Å². The molecule has 1 fully saturated rings. The summed E-state index contributed by atoms with van der Waals surface area (Å²) in [5, 5.41) is 14.9. The molecule has 0 aromatic heterocycles. The Morgan fingerprint density at radius 1 is 1.32 bits per heavy atom. The zero-order valence-electron chi connectivity index (χ0n) is 10.3. The summed E-state index contributed by atoms with van der Waals surface area (Å²) in [5.74, 6) is -1.14. The van der Waals surface area contributed by atoms with Gasteiger partial charge in [0.1, 0.15) is 0 Å². The van der Waals surface area contributed by atoms with E-state index in [1.807, 2.05) is 0 Å². The van der Waals surface area contributed by atoms with Crippen LogP contribution in [0, 0.1) is 0 Å². The van der Waals surface area contributed by atoms with Gasteiger partial charge in [0.15, 0.2) is 0 Å². The Morgan fingerprint density at radius 2 is 2.11 bits per heavy atom. The van der Waals surface area contributed by atoms with E-state index < -0.39 is 5.97 Å².